The number of aryl methyl sites for hydroxylation is 1. The maximum atomic E-state index is 10.9. The number of carbonyl (C=O) groups excluding carboxylic acids is 1. The highest BCUT2D eigenvalue weighted by Gasteiger charge is 2.09. The third-order valence-corrected chi connectivity index (χ3v) is 4.24. The SMILES string of the molecule is Cc1c(C=O)sc2c1ccc1ccccc12. The van der Waals surface area contributed by atoms with Gasteiger partial charge < -0.3 is 0 Å². The Bertz CT molecular complexity index is 694. The highest BCUT2D eigenvalue weighted by atomic mass is 32.1. The Balaban J connectivity index is 2.56. The Morgan fingerprint density at radius 3 is 2.69 bits per heavy atom. The van der Waals surface area contributed by atoms with Crippen LogP contribution in [0.15, 0.2) is 36.4 Å². The average molecular weight is 226 g/mol. The summed E-state index contributed by atoms with van der Waals surface area (Å²) < 4.78 is 1.22. The van der Waals surface area contributed by atoms with Crippen LogP contribution < -0.4 is 0 Å². The van der Waals surface area contributed by atoms with Crippen molar-refractivity contribution in [1.29, 1.82) is 0 Å². The van der Waals surface area contributed by atoms with E-state index in [0.717, 1.165) is 16.7 Å². The molecule has 1 nitrogen and oxygen atoms in total. The van der Waals surface area contributed by atoms with Gasteiger partial charge in [-0.15, -0.1) is 11.3 Å². The van der Waals surface area contributed by atoms with E-state index >= 15 is 0 Å². The lowest BCUT2D eigenvalue weighted by Gasteiger charge is -1.98. The molecule has 0 aliphatic rings. The summed E-state index contributed by atoms with van der Waals surface area (Å²) in [6.07, 6.45) is 0.953. The van der Waals surface area contributed by atoms with Gasteiger partial charge in [-0.25, -0.2) is 0 Å². The topological polar surface area (TPSA) is 17.1 Å². The minimum absolute atomic E-state index is 0.839. The van der Waals surface area contributed by atoms with Crippen molar-refractivity contribution >= 4 is 38.5 Å². The summed E-state index contributed by atoms with van der Waals surface area (Å²) in [5, 5.41) is 3.67. The normalized spacial score (nSPS) is 11.1. The summed E-state index contributed by atoms with van der Waals surface area (Å²) in [6.45, 7) is 2.01. The molecule has 2 heteroatoms. The van der Waals surface area contributed by atoms with Gasteiger partial charge in [0.15, 0.2) is 6.29 Å². The van der Waals surface area contributed by atoms with Crippen LogP contribution in [-0.2, 0) is 0 Å². The van der Waals surface area contributed by atoms with Gasteiger partial charge in [-0.2, -0.15) is 0 Å². The number of hydrogen-bond acceptors (Lipinski definition) is 2. The molecule has 0 amide bonds. The molecule has 0 fully saturated rings. The van der Waals surface area contributed by atoms with E-state index in [1.807, 2.05) is 19.1 Å². The molecule has 1 heterocycles. The van der Waals surface area contributed by atoms with Gasteiger partial charge in [0.1, 0.15) is 0 Å². The fraction of sp³-hybridized carbons (Fsp3) is 0.0714. The molecule has 1 aromatic heterocycles. The molecule has 0 aliphatic heterocycles. The largest absolute Gasteiger partial charge is 0.297 e. The zero-order valence-corrected chi connectivity index (χ0v) is 9.67. The molecule has 3 rings (SSSR count). The predicted octanol–water partition coefficient (Wildman–Crippen LogP) is 4.18. The molecule has 0 N–H and O–H groups in total. The van der Waals surface area contributed by atoms with Crippen LogP contribution in [0.1, 0.15) is 15.2 Å². The summed E-state index contributed by atoms with van der Waals surface area (Å²) in [7, 11) is 0. The van der Waals surface area contributed by atoms with Crippen molar-refractivity contribution in [2.75, 3.05) is 0 Å². The first kappa shape index (κ1) is 9.55. The second-order valence-electron chi connectivity index (χ2n) is 3.87. The Labute approximate surface area is 97.3 Å². The van der Waals surface area contributed by atoms with Crippen molar-refractivity contribution in [1.82, 2.24) is 0 Å². The van der Waals surface area contributed by atoms with Crippen LogP contribution in [0, 0.1) is 6.92 Å². The minimum atomic E-state index is 0.839. The molecular weight excluding hydrogens is 216 g/mol. The Kier molecular flexibility index (Phi) is 2.04. The number of thiophene rings is 1. The van der Waals surface area contributed by atoms with Gasteiger partial charge in [0.2, 0.25) is 0 Å². The van der Waals surface area contributed by atoms with Crippen LogP contribution in [0.5, 0.6) is 0 Å². The second kappa shape index (κ2) is 3.42. The van der Waals surface area contributed by atoms with E-state index in [9.17, 15) is 4.79 Å². The Morgan fingerprint density at radius 1 is 1.06 bits per heavy atom. The fourth-order valence-corrected chi connectivity index (χ4v) is 3.24. The fourth-order valence-electron chi connectivity index (χ4n) is 2.08. The van der Waals surface area contributed by atoms with E-state index in [0.29, 0.717) is 0 Å². The van der Waals surface area contributed by atoms with Crippen LogP contribution in [-0.4, -0.2) is 6.29 Å². The molecule has 0 saturated heterocycles. The van der Waals surface area contributed by atoms with Crippen molar-refractivity contribution in [2.24, 2.45) is 0 Å². The van der Waals surface area contributed by atoms with Crippen molar-refractivity contribution in [3.8, 4) is 0 Å². The smallest absolute Gasteiger partial charge is 0.160 e. The zero-order chi connectivity index (χ0) is 11.1. The number of hydrogen-bond donors (Lipinski definition) is 0. The number of carbonyl (C=O) groups is 1. The molecule has 0 saturated carbocycles. The predicted molar refractivity (Wildman–Crippen MR) is 69.5 cm³/mol. The quantitative estimate of drug-likeness (QED) is 0.569. The number of benzene rings is 2. The van der Waals surface area contributed by atoms with E-state index < -0.39 is 0 Å². The standard InChI is InChI=1S/C14H10OS/c1-9-11-7-6-10-4-2-3-5-12(10)14(11)16-13(9)8-15/h2-8H,1H3. The monoisotopic (exact) mass is 226 g/mol. The van der Waals surface area contributed by atoms with Crippen LogP contribution in [0.3, 0.4) is 0 Å². The highest BCUT2D eigenvalue weighted by Crippen LogP contribution is 2.35. The zero-order valence-electron chi connectivity index (χ0n) is 8.86. The molecule has 0 radical (unpaired) electrons. The summed E-state index contributed by atoms with van der Waals surface area (Å²) in [5.41, 5.74) is 1.10. The van der Waals surface area contributed by atoms with Crippen molar-refractivity contribution in [3.63, 3.8) is 0 Å². The van der Waals surface area contributed by atoms with Gasteiger partial charge in [0, 0.05) is 4.70 Å². The molecule has 0 spiro atoms. The molecule has 0 unspecified atom stereocenters. The first-order valence-electron chi connectivity index (χ1n) is 5.17. The van der Waals surface area contributed by atoms with E-state index in [2.05, 4.69) is 24.3 Å². The number of fused-ring (bicyclic) bond motifs is 3. The molecule has 0 atom stereocenters. The molecule has 0 aliphatic carbocycles. The third kappa shape index (κ3) is 1.20. The second-order valence-corrected chi connectivity index (χ2v) is 4.92. The first-order chi connectivity index (χ1) is 7.81. The van der Waals surface area contributed by atoms with Crippen LogP contribution in [0.25, 0.3) is 20.9 Å². The van der Waals surface area contributed by atoms with Gasteiger partial charge in [-0.05, 0) is 28.6 Å². The maximum absolute atomic E-state index is 10.9. The van der Waals surface area contributed by atoms with Crippen molar-refractivity contribution in [2.45, 2.75) is 6.92 Å². The Hall–Kier alpha value is -1.67. The van der Waals surface area contributed by atoms with Crippen molar-refractivity contribution in [3.05, 3.63) is 46.8 Å². The summed E-state index contributed by atoms with van der Waals surface area (Å²) in [4.78, 5) is 11.8. The van der Waals surface area contributed by atoms with Crippen LogP contribution >= 0.6 is 11.3 Å². The Morgan fingerprint density at radius 2 is 1.88 bits per heavy atom. The van der Waals surface area contributed by atoms with Gasteiger partial charge in [-0.3, -0.25) is 4.79 Å². The lowest BCUT2D eigenvalue weighted by molar-refractivity contribution is 0.112. The third-order valence-electron chi connectivity index (χ3n) is 2.97. The molecule has 2 aromatic carbocycles. The summed E-state index contributed by atoms with van der Waals surface area (Å²) in [6, 6.07) is 12.5. The van der Waals surface area contributed by atoms with E-state index in [1.54, 1.807) is 11.3 Å². The van der Waals surface area contributed by atoms with Crippen LogP contribution in [0.4, 0.5) is 0 Å². The summed E-state index contributed by atoms with van der Waals surface area (Å²) >= 11 is 1.59. The minimum Gasteiger partial charge on any atom is -0.297 e. The lowest BCUT2D eigenvalue weighted by atomic mass is 10.1. The molecule has 0 bridgehead atoms. The molecular formula is C14H10OS. The van der Waals surface area contributed by atoms with Gasteiger partial charge >= 0.3 is 0 Å². The average Bonchev–Trinajstić information content (AvgIpc) is 2.67. The van der Waals surface area contributed by atoms with Gasteiger partial charge in [-0.1, -0.05) is 36.4 Å². The maximum Gasteiger partial charge on any atom is 0.160 e. The number of rotatable bonds is 1. The van der Waals surface area contributed by atoms with Crippen molar-refractivity contribution < 1.29 is 4.79 Å². The lowest BCUT2D eigenvalue weighted by Crippen LogP contribution is -1.76. The number of aldehydes is 1. The van der Waals surface area contributed by atoms with Gasteiger partial charge in [0.05, 0.1) is 4.88 Å². The molecule has 3 aromatic rings. The van der Waals surface area contributed by atoms with E-state index in [4.69, 9.17) is 0 Å². The van der Waals surface area contributed by atoms with Gasteiger partial charge in [0.25, 0.3) is 0 Å². The molecule has 16 heavy (non-hydrogen) atoms. The highest BCUT2D eigenvalue weighted by molar-refractivity contribution is 7.21. The van der Waals surface area contributed by atoms with E-state index in [1.165, 1.54) is 20.9 Å². The first-order valence-corrected chi connectivity index (χ1v) is 5.99. The van der Waals surface area contributed by atoms with Crippen LogP contribution in [0.2, 0.25) is 0 Å². The summed E-state index contributed by atoms with van der Waals surface area (Å²) in [5.74, 6) is 0. The molecule has 78 valence electrons. The van der Waals surface area contributed by atoms with E-state index in [-0.39, 0.29) is 0 Å².